The predicted octanol–water partition coefficient (Wildman–Crippen LogP) is 17.8. The highest BCUT2D eigenvalue weighted by Crippen LogP contribution is 2.27. The number of aliphatic hydroxyl groups excluding tert-OH is 2. The van der Waals surface area contributed by atoms with Gasteiger partial charge in [-0.1, -0.05) is 283 Å². The summed E-state index contributed by atoms with van der Waals surface area (Å²) in [6, 6.07) is 0. The predicted molar refractivity (Wildman–Crippen MR) is 322 cm³/mol. The fourth-order valence-corrected chi connectivity index (χ4v) is 10.4. The van der Waals surface area contributed by atoms with Crippen molar-refractivity contribution < 1.29 is 58.2 Å². The number of carbonyl (C=O) groups excluding carboxylic acids is 3. The van der Waals surface area contributed by atoms with Gasteiger partial charge >= 0.3 is 23.9 Å². The van der Waals surface area contributed by atoms with E-state index in [1.54, 1.807) is 0 Å². The largest absolute Gasteiger partial charge is 0.479 e. The number of hydrogen-bond donors (Lipinski definition) is 3. The molecule has 1 rings (SSSR count). The van der Waals surface area contributed by atoms with E-state index in [0.717, 1.165) is 89.9 Å². The Labute approximate surface area is 483 Å². The van der Waals surface area contributed by atoms with Crippen LogP contribution in [0.2, 0.25) is 0 Å². The maximum absolute atomic E-state index is 13.2. The molecule has 0 aliphatic carbocycles. The van der Waals surface area contributed by atoms with E-state index in [2.05, 4.69) is 45.1 Å². The molecule has 6 atom stereocenters. The van der Waals surface area contributed by atoms with Crippen molar-refractivity contribution in [2.24, 2.45) is 0 Å². The van der Waals surface area contributed by atoms with E-state index in [-0.39, 0.29) is 25.9 Å². The Morgan fingerprint density at radius 3 is 1.16 bits per heavy atom. The van der Waals surface area contributed by atoms with Crippen LogP contribution in [0.25, 0.3) is 0 Å². The number of unbranched alkanes of at least 4 members (excludes halogenated alkanes) is 40. The highest BCUT2D eigenvalue weighted by Gasteiger charge is 2.50. The van der Waals surface area contributed by atoms with Crippen LogP contribution in [-0.2, 0) is 42.9 Å². The number of allylic oxidation sites excluding steroid dienone is 4. The van der Waals surface area contributed by atoms with Gasteiger partial charge in [-0.3, -0.25) is 14.4 Å². The van der Waals surface area contributed by atoms with Crippen molar-refractivity contribution in [3.8, 4) is 0 Å². The van der Waals surface area contributed by atoms with E-state index in [4.69, 9.17) is 23.7 Å². The quantitative estimate of drug-likeness (QED) is 0.0228. The summed E-state index contributed by atoms with van der Waals surface area (Å²) in [5, 5.41) is 31.6. The zero-order valence-electron chi connectivity index (χ0n) is 51.1. The minimum Gasteiger partial charge on any atom is -0.479 e. The molecular formula is C67H122O12. The van der Waals surface area contributed by atoms with Gasteiger partial charge in [-0.15, -0.1) is 0 Å². The SMILES string of the molecule is CCCCC/C=C\C/C=C\CCCCCCCCCC(=O)OC1C(OCC(COC(=O)CCCCCCCCCCCCCCCCCCCCC)OC(=O)CCCCCCCCCCCCCCC)OC(C(=O)O)C(O)C1O. The normalized spacial score (nSPS) is 17.9. The minimum absolute atomic E-state index is 0.0567. The molecule has 0 spiro atoms. The number of esters is 3. The monoisotopic (exact) mass is 1120 g/mol. The lowest BCUT2D eigenvalue weighted by atomic mass is 9.98. The van der Waals surface area contributed by atoms with Gasteiger partial charge in [0.25, 0.3) is 0 Å². The zero-order chi connectivity index (χ0) is 57.5. The van der Waals surface area contributed by atoms with E-state index in [0.29, 0.717) is 19.3 Å². The molecule has 3 N–H and O–H groups in total. The lowest BCUT2D eigenvalue weighted by molar-refractivity contribution is -0.301. The first-order valence-corrected chi connectivity index (χ1v) is 33.3. The number of carbonyl (C=O) groups is 4. The molecule has 1 aliphatic heterocycles. The number of aliphatic carboxylic acids is 1. The van der Waals surface area contributed by atoms with E-state index in [1.165, 1.54) is 180 Å². The summed E-state index contributed by atoms with van der Waals surface area (Å²) in [7, 11) is 0. The highest BCUT2D eigenvalue weighted by atomic mass is 16.7. The molecule has 1 heterocycles. The summed E-state index contributed by atoms with van der Waals surface area (Å²) in [6.07, 6.45) is 52.8. The summed E-state index contributed by atoms with van der Waals surface area (Å²) < 4.78 is 28.6. The van der Waals surface area contributed by atoms with Crippen molar-refractivity contribution in [3.05, 3.63) is 24.3 Å². The molecule has 0 saturated carbocycles. The van der Waals surface area contributed by atoms with Crippen molar-refractivity contribution in [1.29, 1.82) is 0 Å². The molecule has 1 aliphatic rings. The molecule has 12 nitrogen and oxygen atoms in total. The zero-order valence-corrected chi connectivity index (χ0v) is 51.1. The lowest BCUT2D eigenvalue weighted by Gasteiger charge is -2.40. The Bertz CT molecular complexity index is 1470. The van der Waals surface area contributed by atoms with Crippen LogP contribution in [0.1, 0.15) is 329 Å². The summed E-state index contributed by atoms with van der Waals surface area (Å²) in [5.74, 6) is -3.09. The van der Waals surface area contributed by atoms with Crippen LogP contribution in [0.5, 0.6) is 0 Å². The smallest absolute Gasteiger partial charge is 0.335 e. The van der Waals surface area contributed by atoms with Gasteiger partial charge in [-0.25, -0.2) is 4.79 Å². The molecule has 6 unspecified atom stereocenters. The Hall–Kier alpha value is -2.80. The van der Waals surface area contributed by atoms with E-state index in [1.807, 2.05) is 0 Å². The fourth-order valence-electron chi connectivity index (χ4n) is 10.4. The number of rotatable bonds is 58. The van der Waals surface area contributed by atoms with Crippen LogP contribution in [0.15, 0.2) is 24.3 Å². The Balaban J connectivity index is 2.61. The van der Waals surface area contributed by atoms with Crippen molar-refractivity contribution in [2.45, 2.75) is 366 Å². The summed E-state index contributed by atoms with van der Waals surface area (Å²) in [5.41, 5.74) is 0. The van der Waals surface area contributed by atoms with Gasteiger partial charge in [-0.2, -0.15) is 0 Å². The van der Waals surface area contributed by atoms with Gasteiger partial charge in [0.05, 0.1) is 6.61 Å². The van der Waals surface area contributed by atoms with Crippen molar-refractivity contribution in [1.82, 2.24) is 0 Å². The molecule has 12 heteroatoms. The third kappa shape index (κ3) is 45.4. The molecular weight excluding hydrogens is 997 g/mol. The maximum atomic E-state index is 13.2. The fraction of sp³-hybridized carbons (Fsp3) is 0.881. The molecule has 0 bridgehead atoms. The molecule has 0 aromatic heterocycles. The van der Waals surface area contributed by atoms with Gasteiger partial charge < -0.3 is 39.0 Å². The first-order chi connectivity index (χ1) is 38.6. The summed E-state index contributed by atoms with van der Waals surface area (Å²) in [4.78, 5) is 51.3. The summed E-state index contributed by atoms with van der Waals surface area (Å²) in [6.45, 7) is 6.03. The average molecular weight is 1120 g/mol. The molecule has 0 radical (unpaired) electrons. The highest BCUT2D eigenvalue weighted by molar-refractivity contribution is 5.74. The van der Waals surface area contributed by atoms with Crippen LogP contribution in [-0.4, -0.2) is 89.2 Å². The van der Waals surface area contributed by atoms with Gasteiger partial charge in [0.1, 0.15) is 18.8 Å². The van der Waals surface area contributed by atoms with Gasteiger partial charge in [-0.05, 0) is 51.4 Å². The van der Waals surface area contributed by atoms with Crippen molar-refractivity contribution >= 4 is 23.9 Å². The second-order valence-corrected chi connectivity index (χ2v) is 23.1. The lowest BCUT2D eigenvalue weighted by Crippen LogP contribution is -2.61. The number of carboxylic acid groups (broad SMARTS) is 1. The van der Waals surface area contributed by atoms with Crippen LogP contribution in [0, 0.1) is 0 Å². The third-order valence-corrected chi connectivity index (χ3v) is 15.5. The first kappa shape index (κ1) is 74.2. The first-order valence-electron chi connectivity index (χ1n) is 33.3. The molecule has 1 fully saturated rings. The molecule has 1 saturated heterocycles. The summed E-state index contributed by atoms with van der Waals surface area (Å²) >= 11 is 0. The van der Waals surface area contributed by atoms with Crippen LogP contribution in [0.3, 0.4) is 0 Å². The number of hydrogen-bond acceptors (Lipinski definition) is 11. The van der Waals surface area contributed by atoms with E-state index in [9.17, 15) is 34.5 Å². The second kappa shape index (κ2) is 55.7. The van der Waals surface area contributed by atoms with E-state index >= 15 is 0 Å². The number of aliphatic hydroxyl groups is 2. The van der Waals surface area contributed by atoms with Crippen molar-refractivity contribution in [3.63, 3.8) is 0 Å². The number of ether oxygens (including phenoxy) is 5. The second-order valence-electron chi connectivity index (χ2n) is 23.1. The topological polar surface area (TPSA) is 175 Å². The average Bonchev–Trinajstić information content (AvgIpc) is 3.46. The molecule has 0 aromatic rings. The van der Waals surface area contributed by atoms with Gasteiger partial charge in [0.2, 0.25) is 0 Å². The maximum Gasteiger partial charge on any atom is 0.335 e. The Kier molecular flexibility index (Phi) is 52.3. The van der Waals surface area contributed by atoms with Crippen LogP contribution >= 0.6 is 0 Å². The Morgan fingerprint density at radius 1 is 0.418 bits per heavy atom. The molecule has 0 aromatic carbocycles. The molecule has 79 heavy (non-hydrogen) atoms. The molecule has 462 valence electrons. The minimum atomic E-state index is -1.90. The standard InChI is InChI=1S/C67H122O12/c1-4-7-10-13-16-19-22-25-27-29-30-32-33-36-38-41-44-47-50-53-59(68)75-56-58(77-60(69)54-51-48-45-42-39-35-24-21-18-15-12-9-6-3)57-76-67-65(63(72)62(71)64(79-67)66(73)74)78-61(70)55-52-49-46-43-40-37-34-31-28-26-23-20-17-14-11-8-5-2/h17,20,26,28,58,62-65,67,71-72H,4-16,18-19,21-25,27,29-57H2,1-3H3,(H,73,74)/b20-17-,28-26-. The van der Waals surface area contributed by atoms with Gasteiger partial charge in [0.15, 0.2) is 24.6 Å². The van der Waals surface area contributed by atoms with E-state index < -0.39 is 67.3 Å². The third-order valence-electron chi connectivity index (χ3n) is 15.5. The molecule has 0 amide bonds. The number of carboxylic acids is 1. The van der Waals surface area contributed by atoms with Gasteiger partial charge in [0, 0.05) is 19.3 Å². The van der Waals surface area contributed by atoms with Crippen LogP contribution in [0.4, 0.5) is 0 Å². The Morgan fingerprint density at radius 2 is 0.759 bits per heavy atom. The van der Waals surface area contributed by atoms with Crippen LogP contribution < -0.4 is 0 Å². The van der Waals surface area contributed by atoms with Crippen molar-refractivity contribution in [2.75, 3.05) is 13.2 Å².